The summed E-state index contributed by atoms with van der Waals surface area (Å²) in [6.45, 7) is 0.824. The van der Waals surface area contributed by atoms with Crippen molar-refractivity contribution in [2.75, 3.05) is 13.2 Å². The van der Waals surface area contributed by atoms with Gasteiger partial charge in [0, 0.05) is 0 Å². The van der Waals surface area contributed by atoms with E-state index in [0.717, 1.165) is 22.2 Å². The maximum Gasteiger partial charge on any atom is 0.290 e. The predicted molar refractivity (Wildman–Crippen MR) is 92.5 cm³/mol. The molecule has 126 valence electrons. The largest absolute Gasteiger partial charge is 0.494 e. The van der Waals surface area contributed by atoms with Gasteiger partial charge < -0.3 is 19.8 Å². The number of imidazole rings is 1. The molecule has 1 aliphatic rings. The molecule has 0 unspecified atom stereocenters. The molecule has 1 aliphatic heterocycles. The zero-order valence-electron chi connectivity index (χ0n) is 13.4. The Morgan fingerprint density at radius 1 is 1.12 bits per heavy atom. The Morgan fingerprint density at radius 3 is 2.80 bits per heavy atom. The first kappa shape index (κ1) is 15.3. The van der Waals surface area contributed by atoms with Crippen molar-refractivity contribution in [1.29, 1.82) is 0 Å². The van der Waals surface area contributed by atoms with Gasteiger partial charge in [0.2, 0.25) is 5.76 Å². The summed E-state index contributed by atoms with van der Waals surface area (Å²) in [5, 5.41) is 3.03. The molecule has 6 heteroatoms. The van der Waals surface area contributed by atoms with E-state index in [1.807, 2.05) is 48.5 Å². The molecule has 25 heavy (non-hydrogen) atoms. The summed E-state index contributed by atoms with van der Waals surface area (Å²) in [5.41, 5.74) is 3.73. The van der Waals surface area contributed by atoms with E-state index < -0.39 is 0 Å². The Labute approximate surface area is 144 Å². The lowest BCUT2D eigenvalue weighted by Gasteiger charge is -2.22. The van der Waals surface area contributed by atoms with Gasteiger partial charge >= 0.3 is 0 Å². The molecule has 3 aromatic rings. The normalized spacial score (nSPS) is 15.0. The molecule has 0 fully saturated rings. The molecule has 4 rings (SSSR count). The Hall–Kier alpha value is -3.28. The van der Waals surface area contributed by atoms with Gasteiger partial charge in [0.15, 0.2) is 0 Å². The van der Waals surface area contributed by atoms with Crippen LogP contribution in [0.5, 0.6) is 0 Å². The predicted octanol–water partition coefficient (Wildman–Crippen LogP) is 2.66. The van der Waals surface area contributed by atoms with Gasteiger partial charge in [0.1, 0.15) is 19.5 Å². The minimum Gasteiger partial charge on any atom is -0.494 e. The number of aromatic nitrogens is 2. The van der Waals surface area contributed by atoms with Gasteiger partial charge in [0.25, 0.3) is 5.91 Å². The van der Waals surface area contributed by atoms with Gasteiger partial charge in [-0.15, -0.1) is 0 Å². The topological polar surface area (TPSA) is 76.2 Å². The number of hydrogen-bond acceptors (Lipinski definition) is 4. The molecule has 6 nitrogen and oxygen atoms in total. The summed E-state index contributed by atoms with van der Waals surface area (Å²) in [4.78, 5) is 19.9. The number of H-pyrrole nitrogens is 1. The van der Waals surface area contributed by atoms with Crippen LogP contribution >= 0.6 is 0 Å². The highest BCUT2D eigenvalue weighted by molar-refractivity contribution is 5.92. The van der Waals surface area contributed by atoms with E-state index in [2.05, 4.69) is 15.3 Å². The highest BCUT2D eigenvalue weighted by atomic mass is 16.6. The van der Waals surface area contributed by atoms with Gasteiger partial charge in [-0.2, -0.15) is 0 Å². The van der Waals surface area contributed by atoms with Gasteiger partial charge in [-0.25, -0.2) is 4.98 Å². The lowest BCUT2D eigenvalue weighted by Crippen LogP contribution is -2.32. The molecule has 2 aromatic carbocycles. The summed E-state index contributed by atoms with van der Waals surface area (Å²) >= 11 is 0. The van der Waals surface area contributed by atoms with E-state index in [4.69, 9.17) is 9.47 Å². The second-order valence-electron chi connectivity index (χ2n) is 5.70. The van der Waals surface area contributed by atoms with Crippen molar-refractivity contribution < 1.29 is 14.3 Å². The Balaban J connectivity index is 1.68. The number of aromatic amines is 1. The number of rotatable bonds is 4. The van der Waals surface area contributed by atoms with Gasteiger partial charge in [-0.1, -0.05) is 36.4 Å². The van der Waals surface area contributed by atoms with Crippen molar-refractivity contribution in [2.24, 2.45) is 0 Å². The molecule has 1 atom stereocenters. The molecule has 0 bridgehead atoms. The number of carbonyl (C=O) groups excluding carboxylic acids is 1. The molecule has 1 amide bonds. The van der Waals surface area contributed by atoms with Crippen molar-refractivity contribution in [3.8, 4) is 0 Å². The molecular weight excluding hydrogens is 318 g/mol. The highest BCUT2D eigenvalue weighted by Crippen LogP contribution is 2.25. The van der Waals surface area contributed by atoms with Crippen LogP contribution in [0.2, 0.25) is 0 Å². The lowest BCUT2D eigenvalue weighted by molar-refractivity contribution is -0.122. The van der Waals surface area contributed by atoms with Crippen LogP contribution in [-0.4, -0.2) is 29.1 Å². The molecule has 0 saturated heterocycles. The fourth-order valence-electron chi connectivity index (χ4n) is 2.83. The number of hydrogen-bond donors (Lipinski definition) is 2. The SMILES string of the molecule is O=C(N[C@@H](c1ccccc1)c1ccc2nc[nH]c2c1)C1=COCCO1. The Morgan fingerprint density at radius 2 is 2.00 bits per heavy atom. The maximum atomic E-state index is 12.6. The number of fused-ring (bicyclic) bond motifs is 1. The number of ether oxygens (including phenoxy) is 2. The van der Waals surface area contributed by atoms with Crippen LogP contribution < -0.4 is 5.32 Å². The fourth-order valence-corrected chi connectivity index (χ4v) is 2.83. The van der Waals surface area contributed by atoms with E-state index >= 15 is 0 Å². The zero-order valence-corrected chi connectivity index (χ0v) is 13.4. The van der Waals surface area contributed by atoms with Crippen molar-refractivity contribution in [3.05, 3.63) is 78.0 Å². The van der Waals surface area contributed by atoms with E-state index in [0.29, 0.717) is 13.2 Å². The van der Waals surface area contributed by atoms with Crippen LogP contribution in [0.1, 0.15) is 17.2 Å². The summed E-state index contributed by atoms with van der Waals surface area (Å²) in [7, 11) is 0. The van der Waals surface area contributed by atoms with Crippen LogP contribution in [-0.2, 0) is 14.3 Å². The first-order chi connectivity index (χ1) is 12.3. The third-order valence-electron chi connectivity index (χ3n) is 4.06. The van der Waals surface area contributed by atoms with E-state index in [-0.39, 0.29) is 17.7 Å². The molecule has 2 N–H and O–H groups in total. The smallest absolute Gasteiger partial charge is 0.290 e. The van der Waals surface area contributed by atoms with E-state index in [9.17, 15) is 4.79 Å². The third-order valence-corrected chi connectivity index (χ3v) is 4.06. The first-order valence-corrected chi connectivity index (χ1v) is 8.05. The van der Waals surface area contributed by atoms with E-state index in [1.54, 1.807) is 6.33 Å². The standard InChI is InChI=1S/C19H17N3O3/c23-19(17-11-24-8-9-25-17)22-18(13-4-2-1-3-5-13)14-6-7-15-16(10-14)21-12-20-15/h1-7,10-12,18H,8-9H2,(H,20,21)(H,22,23)/t18-/m0/s1. The summed E-state index contributed by atoms with van der Waals surface area (Å²) in [6, 6.07) is 15.4. The molecule has 0 saturated carbocycles. The number of amides is 1. The van der Waals surface area contributed by atoms with Gasteiger partial charge in [-0.3, -0.25) is 4.79 Å². The van der Waals surface area contributed by atoms with Crippen molar-refractivity contribution in [3.63, 3.8) is 0 Å². The quantitative estimate of drug-likeness (QED) is 0.768. The lowest BCUT2D eigenvalue weighted by atomic mass is 9.98. The van der Waals surface area contributed by atoms with Crippen LogP contribution in [0.4, 0.5) is 0 Å². The Bertz CT molecular complexity index is 918. The van der Waals surface area contributed by atoms with Crippen molar-refractivity contribution in [2.45, 2.75) is 6.04 Å². The van der Waals surface area contributed by atoms with Gasteiger partial charge in [-0.05, 0) is 23.3 Å². The summed E-state index contributed by atoms with van der Waals surface area (Å²) in [5.74, 6) is -0.118. The zero-order chi connectivity index (χ0) is 17.1. The number of benzene rings is 2. The summed E-state index contributed by atoms with van der Waals surface area (Å²) < 4.78 is 10.6. The van der Waals surface area contributed by atoms with Crippen LogP contribution in [0.3, 0.4) is 0 Å². The second-order valence-corrected chi connectivity index (χ2v) is 5.70. The monoisotopic (exact) mass is 335 g/mol. The highest BCUT2D eigenvalue weighted by Gasteiger charge is 2.22. The molecule has 0 radical (unpaired) electrons. The maximum absolute atomic E-state index is 12.6. The molecule has 2 heterocycles. The van der Waals surface area contributed by atoms with Crippen LogP contribution in [0.25, 0.3) is 11.0 Å². The number of nitrogens with one attached hydrogen (secondary N) is 2. The third kappa shape index (κ3) is 3.19. The van der Waals surface area contributed by atoms with E-state index in [1.165, 1.54) is 6.26 Å². The fraction of sp³-hybridized carbons (Fsp3) is 0.158. The first-order valence-electron chi connectivity index (χ1n) is 8.05. The average Bonchev–Trinajstić information content (AvgIpc) is 3.15. The minimum absolute atomic E-state index is 0.190. The number of nitrogens with zero attached hydrogens (tertiary/aromatic N) is 1. The minimum atomic E-state index is -0.312. The molecule has 0 aliphatic carbocycles. The number of carbonyl (C=O) groups is 1. The summed E-state index contributed by atoms with van der Waals surface area (Å²) in [6.07, 6.45) is 3.02. The van der Waals surface area contributed by atoms with Crippen LogP contribution in [0.15, 0.2) is 66.9 Å². The van der Waals surface area contributed by atoms with Gasteiger partial charge in [0.05, 0.1) is 23.4 Å². The van der Waals surface area contributed by atoms with Crippen LogP contribution in [0, 0.1) is 0 Å². The Kier molecular flexibility index (Phi) is 4.08. The molecular formula is C19H17N3O3. The van der Waals surface area contributed by atoms with Crippen molar-refractivity contribution in [1.82, 2.24) is 15.3 Å². The molecule has 1 aromatic heterocycles. The molecule has 0 spiro atoms. The van der Waals surface area contributed by atoms with Crippen molar-refractivity contribution >= 4 is 16.9 Å². The average molecular weight is 335 g/mol. The second kappa shape index (κ2) is 6.68.